The number of carbonyl (C=O) groups is 3. The summed E-state index contributed by atoms with van der Waals surface area (Å²) in [5, 5.41) is 3.59. The Morgan fingerprint density at radius 3 is 2.74 bits per heavy atom. The van der Waals surface area contributed by atoms with E-state index in [9.17, 15) is 14.4 Å². The molecule has 0 spiro atoms. The van der Waals surface area contributed by atoms with Crippen LogP contribution in [0.25, 0.3) is 11.0 Å². The van der Waals surface area contributed by atoms with E-state index in [1.807, 2.05) is 24.4 Å². The summed E-state index contributed by atoms with van der Waals surface area (Å²) < 4.78 is 0. The lowest BCUT2D eigenvalue weighted by Gasteiger charge is -2.32. The van der Waals surface area contributed by atoms with Crippen molar-refractivity contribution in [2.75, 3.05) is 13.1 Å². The quantitative estimate of drug-likeness (QED) is 0.587. The Balaban J connectivity index is 1.10. The highest BCUT2D eigenvalue weighted by atomic mass is 16.2. The number of nitrogens with zero attached hydrogens (tertiary/aromatic N) is 3. The van der Waals surface area contributed by atoms with E-state index in [4.69, 9.17) is 0 Å². The first-order valence-electron chi connectivity index (χ1n) is 12.0. The molecule has 1 aromatic carbocycles. The molecule has 8 nitrogen and oxygen atoms in total. The first-order valence-corrected chi connectivity index (χ1v) is 12.0. The molecule has 0 saturated carbocycles. The van der Waals surface area contributed by atoms with E-state index in [0.717, 1.165) is 43.7 Å². The number of pyridine rings is 1. The molecule has 174 valence electrons. The van der Waals surface area contributed by atoms with Crippen LogP contribution in [-0.2, 0) is 22.7 Å². The van der Waals surface area contributed by atoms with Crippen LogP contribution >= 0.6 is 0 Å². The summed E-state index contributed by atoms with van der Waals surface area (Å²) in [5.41, 5.74) is 5.14. The largest absolute Gasteiger partial charge is 0.346 e. The normalized spacial score (nSPS) is 21.8. The number of aromatic amines is 1. The van der Waals surface area contributed by atoms with Gasteiger partial charge < -0.3 is 9.88 Å². The fraction of sp³-hybridized carbons (Fsp3) is 0.385. The fourth-order valence-corrected chi connectivity index (χ4v) is 5.70. The summed E-state index contributed by atoms with van der Waals surface area (Å²) in [4.78, 5) is 48.4. The Bertz CT molecular complexity index is 1290. The number of fused-ring (bicyclic) bond motifs is 2. The van der Waals surface area contributed by atoms with Gasteiger partial charge in [-0.05, 0) is 73.2 Å². The summed E-state index contributed by atoms with van der Waals surface area (Å²) >= 11 is 0. The van der Waals surface area contributed by atoms with Gasteiger partial charge in [-0.3, -0.25) is 24.6 Å². The van der Waals surface area contributed by atoms with Gasteiger partial charge in [0.15, 0.2) is 0 Å². The van der Waals surface area contributed by atoms with Crippen LogP contribution in [0.5, 0.6) is 0 Å². The van der Waals surface area contributed by atoms with E-state index in [0.29, 0.717) is 24.4 Å². The number of H-pyrrole nitrogens is 1. The minimum atomic E-state index is -0.570. The molecule has 2 N–H and O–H groups in total. The van der Waals surface area contributed by atoms with E-state index in [1.54, 1.807) is 4.90 Å². The molecule has 3 aliphatic rings. The lowest BCUT2D eigenvalue weighted by molar-refractivity contribution is -0.136. The summed E-state index contributed by atoms with van der Waals surface area (Å²) in [6.45, 7) is 3.32. The number of carbonyl (C=O) groups excluding carboxylic acids is 3. The molecule has 0 bridgehead atoms. The van der Waals surface area contributed by atoms with Crippen LogP contribution < -0.4 is 5.32 Å². The summed E-state index contributed by atoms with van der Waals surface area (Å²) in [5.74, 6) is -0.219. The van der Waals surface area contributed by atoms with Crippen molar-refractivity contribution in [1.29, 1.82) is 0 Å². The van der Waals surface area contributed by atoms with E-state index in [-0.39, 0.29) is 24.1 Å². The fourth-order valence-electron chi connectivity index (χ4n) is 5.70. The van der Waals surface area contributed by atoms with Crippen molar-refractivity contribution in [2.24, 2.45) is 0 Å². The highest BCUT2D eigenvalue weighted by molar-refractivity contribution is 6.05. The molecule has 1 unspecified atom stereocenters. The van der Waals surface area contributed by atoms with Gasteiger partial charge >= 0.3 is 0 Å². The van der Waals surface area contributed by atoms with E-state index in [1.165, 1.54) is 16.5 Å². The molecule has 0 radical (unpaired) electrons. The Hall–Kier alpha value is -3.52. The lowest BCUT2D eigenvalue weighted by atomic mass is 9.89. The number of hydrogen-bond donors (Lipinski definition) is 2. The molecule has 34 heavy (non-hydrogen) atoms. The van der Waals surface area contributed by atoms with E-state index < -0.39 is 6.04 Å². The van der Waals surface area contributed by atoms with Gasteiger partial charge in [-0.1, -0.05) is 12.1 Å². The number of nitrogens with one attached hydrogen (secondary N) is 2. The minimum Gasteiger partial charge on any atom is -0.346 e. The number of piperidine rings is 2. The second-order valence-electron chi connectivity index (χ2n) is 9.59. The van der Waals surface area contributed by atoms with E-state index in [2.05, 4.69) is 38.5 Å². The molecular weight excluding hydrogens is 430 g/mol. The summed E-state index contributed by atoms with van der Waals surface area (Å²) in [7, 11) is 0. The van der Waals surface area contributed by atoms with Crippen LogP contribution in [0.1, 0.15) is 58.6 Å². The topological polar surface area (TPSA) is 98.4 Å². The average molecular weight is 458 g/mol. The van der Waals surface area contributed by atoms with Gasteiger partial charge in [-0.2, -0.15) is 0 Å². The monoisotopic (exact) mass is 457 g/mol. The van der Waals surface area contributed by atoms with E-state index >= 15 is 0 Å². The van der Waals surface area contributed by atoms with Crippen LogP contribution in [0, 0.1) is 0 Å². The molecule has 3 aromatic rings. The molecule has 5 heterocycles. The van der Waals surface area contributed by atoms with Crippen LogP contribution in [0.15, 0.2) is 42.7 Å². The molecule has 1 atom stereocenters. The van der Waals surface area contributed by atoms with Crippen molar-refractivity contribution in [2.45, 2.75) is 50.7 Å². The van der Waals surface area contributed by atoms with Gasteiger partial charge in [0.25, 0.3) is 5.91 Å². The van der Waals surface area contributed by atoms with Gasteiger partial charge in [-0.15, -0.1) is 0 Å². The molecule has 0 aliphatic carbocycles. The average Bonchev–Trinajstić information content (AvgIpc) is 3.41. The lowest BCUT2D eigenvalue weighted by Crippen LogP contribution is -2.52. The number of amides is 3. The number of likely N-dealkylation sites (tertiary alicyclic amines) is 1. The smallest absolute Gasteiger partial charge is 0.255 e. The van der Waals surface area contributed by atoms with Gasteiger partial charge in [0.1, 0.15) is 11.7 Å². The molecule has 2 aromatic heterocycles. The van der Waals surface area contributed by atoms with Crippen LogP contribution in [0.4, 0.5) is 0 Å². The Labute approximate surface area is 197 Å². The molecule has 2 saturated heterocycles. The third-order valence-corrected chi connectivity index (χ3v) is 7.50. The zero-order chi connectivity index (χ0) is 23.2. The number of imide groups is 1. The number of hydrogen-bond acceptors (Lipinski definition) is 5. The molecule has 8 heteroatoms. The Morgan fingerprint density at radius 1 is 1.06 bits per heavy atom. The molecular formula is C26H27N5O3. The Morgan fingerprint density at radius 2 is 1.91 bits per heavy atom. The van der Waals surface area contributed by atoms with Crippen molar-refractivity contribution >= 4 is 28.8 Å². The van der Waals surface area contributed by atoms with Crippen LogP contribution in [-0.4, -0.2) is 56.6 Å². The third kappa shape index (κ3) is 3.68. The minimum absolute atomic E-state index is 0.120. The van der Waals surface area contributed by atoms with Crippen LogP contribution in [0.3, 0.4) is 0 Å². The molecule has 3 amide bonds. The van der Waals surface area contributed by atoms with Gasteiger partial charge in [0.05, 0.1) is 0 Å². The second-order valence-corrected chi connectivity index (χ2v) is 9.59. The predicted octanol–water partition coefficient (Wildman–Crippen LogP) is 2.70. The maximum Gasteiger partial charge on any atom is 0.255 e. The number of aromatic nitrogens is 2. The number of rotatable bonds is 4. The van der Waals surface area contributed by atoms with Crippen molar-refractivity contribution in [3.8, 4) is 0 Å². The predicted molar refractivity (Wildman–Crippen MR) is 126 cm³/mol. The zero-order valence-corrected chi connectivity index (χ0v) is 18.9. The first kappa shape index (κ1) is 21.0. The zero-order valence-electron chi connectivity index (χ0n) is 18.9. The van der Waals surface area contributed by atoms with Crippen molar-refractivity contribution in [1.82, 2.24) is 25.1 Å². The first-order chi connectivity index (χ1) is 16.6. The SMILES string of the molecule is O=C1CCC(N2Cc3cc(CN4CCC(c5c[nH]c6ncccc56)CC4)ccc3C2=O)C(=O)N1. The van der Waals surface area contributed by atoms with Gasteiger partial charge in [-0.25, -0.2) is 4.98 Å². The second kappa shape index (κ2) is 8.36. The third-order valence-electron chi connectivity index (χ3n) is 7.50. The maximum absolute atomic E-state index is 12.9. The maximum atomic E-state index is 12.9. The highest BCUT2D eigenvalue weighted by Crippen LogP contribution is 2.33. The number of benzene rings is 1. The standard InChI is InChI=1S/C26H27N5O3/c32-23-6-5-22(25(33)29-23)31-15-18-12-16(3-4-19(18)26(31)34)14-30-10-7-17(8-11-30)21-13-28-24-20(21)2-1-9-27-24/h1-4,9,12-13,17,22H,5-8,10-11,14-15H2,(H,27,28)(H,29,32,33). The van der Waals surface area contributed by atoms with Gasteiger partial charge in [0.2, 0.25) is 11.8 Å². The van der Waals surface area contributed by atoms with Crippen molar-refractivity contribution < 1.29 is 14.4 Å². The summed E-state index contributed by atoms with van der Waals surface area (Å²) in [6.07, 6.45) is 6.80. The highest BCUT2D eigenvalue weighted by Gasteiger charge is 2.39. The molecule has 2 fully saturated rings. The van der Waals surface area contributed by atoms with Crippen molar-refractivity contribution in [3.63, 3.8) is 0 Å². The molecule has 6 rings (SSSR count). The Kier molecular flexibility index (Phi) is 5.17. The summed E-state index contributed by atoms with van der Waals surface area (Å²) in [6, 6.07) is 9.60. The van der Waals surface area contributed by atoms with Crippen molar-refractivity contribution in [3.05, 3.63) is 65.0 Å². The van der Waals surface area contributed by atoms with Crippen LogP contribution in [0.2, 0.25) is 0 Å². The van der Waals surface area contributed by atoms with Gasteiger partial charge in [0, 0.05) is 42.9 Å². The molecule has 3 aliphatic heterocycles.